The molecule has 1 unspecified atom stereocenters. The predicted octanol–water partition coefficient (Wildman–Crippen LogP) is 4.93. The molecule has 1 heterocycles. The smallest absolute Gasteiger partial charge is 0.168 e. The third-order valence-corrected chi connectivity index (χ3v) is 5.17. The summed E-state index contributed by atoms with van der Waals surface area (Å²) in [5.41, 5.74) is 3.82. The van der Waals surface area contributed by atoms with Crippen LogP contribution in [0.25, 0.3) is 22.5 Å². The fraction of sp³-hybridized carbons (Fsp3) is 0.0588. The van der Waals surface area contributed by atoms with Gasteiger partial charge in [-0.1, -0.05) is 52.9 Å². The maximum absolute atomic E-state index is 14.5. The van der Waals surface area contributed by atoms with E-state index < -0.39 is 11.6 Å². The fourth-order valence-electron chi connectivity index (χ4n) is 2.84. The second kappa shape index (κ2) is 5.08. The van der Waals surface area contributed by atoms with Crippen molar-refractivity contribution >= 4 is 22.6 Å². The molecule has 0 saturated heterocycles. The summed E-state index contributed by atoms with van der Waals surface area (Å²) >= 11 is 2.25. The van der Waals surface area contributed by atoms with Crippen molar-refractivity contribution in [3.63, 3.8) is 0 Å². The van der Waals surface area contributed by atoms with Crippen molar-refractivity contribution < 1.29 is 8.78 Å². The number of aromatic nitrogens is 2. The molecule has 3 aromatic rings. The molecule has 0 N–H and O–H groups in total. The van der Waals surface area contributed by atoms with E-state index in [-0.39, 0.29) is 9.49 Å². The van der Waals surface area contributed by atoms with Gasteiger partial charge < -0.3 is 0 Å². The maximum Gasteiger partial charge on any atom is 0.168 e. The lowest BCUT2D eigenvalue weighted by Gasteiger charge is -2.14. The highest BCUT2D eigenvalue weighted by Gasteiger charge is 2.30. The molecule has 0 saturated carbocycles. The topological polar surface area (TPSA) is 25.8 Å². The number of benzene rings is 2. The Kier molecular flexibility index (Phi) is 3.18. The van der Waals surface area contributed by atoms with Crippen LogP contribution in [-0.4, -0.2) is 9.97 Å². The van der Waals surface area contributed by atoms with Crippen LogP contribution >= 0.6 is 22.6 Å². The lowest BCUT2D eigenvalue weighted by Crippen LogP contribution is -1.99. The van der Waals surface area contributed by atoms with Crippen LogP contribution in [0.15, 0.2) is 48.8 Å². The number of hydrogen-bond acceptors (Lipinski definition) is 2. The van der Waals surface area contributed by atoms with Gasteiger partial charge >= 0.3 is 0 Å². The quantitative estimate of drug-likeness (QED) is 0.391. The fourth-order valence-corrected chi connectivity index (χ4v) is 3.90. The number of halogens is 3. The van der Waals surface area contributed by atoms with E-state index in [2.05, 4.69) is 32.6 Å². The molecule has 0 aliphatic heterocycles. The number of hydrogen-bond donors (Lipinski definition) is 0. The monoisotopic (exact) mass is 406 g/mol. The average molecular weight is 406 g/mol. The zero-order chi connectivity index (χ0) is 15.3. The van der Waals surface area contributed by atoms with Gasteiger partial charge in [0.15, 0.2) is 11.6 Å². The molecule has 0 bridgehead atoms. The first-order chi connectivity index (χ1) is 10.7. The van der Waals surface area contributed by atoms with Gasteiger partial charge in [0.1, 0.15) is 0 Å². The van der Waals surface area contributed by atoms with E-state index >= 15 is 0 Å². The highest BCUT2D eigenvalue weighted by atomic mass is 127. The summed E-state index contributed by atoms with van der Waals surface area (Å²) in [5, 5.41) is 0. The van der Waals surface area contributed by atoms with Gasteiger partial charge in [-0.2, -0.15) is 0 Å². The highest BCUT2D eigenvalue weighted by molar-refractivity contribution is 14.1. The van der Waals surface area contributed by atoms with Crippen LogP contribution in [0.3, 0.4) is 0 Å². The van der Waals surface area contributed by atoms with Crippen molar-refractivity contribution in [1.29, 1.82) is 0 Å². The lowest BCUT2D eigenvalue weighted by molar-refractivity contribution is 0.510. The van der Waals surface area contributed by atoms with Crippen molar-refractivity contribution in [3.05, 3.63) is 71.6 Å². The number of alkyl halides is 1. The molecule has 1 aliphatic rings. The summed E-state index contributed by atoms with van der Waals surface area (Å²) in [6.07, 6.45) is 3.07. The second-order valence-electron chi connectivity index (χ2n) is 5.03. The Morgan fingerprint density at radius 2 is 1.59 bits per heavy atom. The minimum atomic E-state index is -0.870. The third kappa shape index (κ3) is 1.88. The predicted molar refractivity (Wildman–Crippen MR) is 88.7 cm³/mol. The molecule has 0 fully saturated rings. The normalized spacial score (nSPS) is 15.5. The molecule has 0 radical (unpaired) electrons. The zero-order valence-corrected chi connectivity index (χ0v) is 13.4. The van der Waals surface area contributed by atoms with Crippen molar-refractivity contribution in [2.75, 3.05) is 0 Å². The summed E-state index contributed by atoms with van der Waals surface area (Å²) < 4.78 is 28.2. The molecule has 1 aliphatic carbocycles. The summed E-state index contributed by atoms with van der Waals surface area (Å²) in [7, 11) is 0. The Hall–Kier alpha value is -1.89. The van der Waals surface area contributed by atoms with Crippen LogP contribution in [0.4, 0.5) is 8.78 Å². The number of fused-ring (bicyclic) bond motifs is 5. The van der Waals surface area contributed by atoms with Crippen molar-refractivity contribution in [1.82, 2.24) is 9.97 Å². The summed E-state index contributed by atoms with van der Waals surface area (Å²) in [4.78, 5) is 8.65. The molecule has 2 aromatic carbocycles. The second-order valence-corrected chi connectivity index (χ2v) is 6.27. The van der Waals surface area contributed by atoms with E-state index in [0.29, 0.717) is 17.0 Å². The molecular weight excluding hydrogens is 397 g/mol. The van der Waals surface area contributed by atoms with E-state index in [1.165, 1.54) is 12.3 Å². The van der Waals surface area contributed by atoms with Crippen LogP contribution in [0.1, 0.15) is 15.1 Å². The molecule has 22 heavy (non-hydrogen) atoms. The minimum Gasteiger partial charge on any atom is -0.252 e. The molecule has 1 aromatic heterocycles. The number of nitrogens with zero attached hydrogens (tertiary/aromatic N) is 2. The van der Waals surface area contributed by atoms with Gasteiger partial charge in [-0.25, -0.2) is 8.78 Å². The molecule has 2 nitrogen and oxygen atoms in total. The molecule has 1 atom stereocenters. The van der Waals surface area contributed by atoms with Crippen LogP contribution < -0.4 is 0 Å². The van der Waals surface area contributed by atoms with E-state index in [4.69, 9.17) is 0 Å². The van der Waals surface area contributed by atoms with Crippen LogP contribution in [-0.2, 0) is 0 Å². The summed E-state index contributed by atoms with van der Waals surface area (Å²) in [6.45, 7) is 0. The van der Waals surface area contributed by atoms with Gasteiger partial charge in [0.05, 0.1) is 15.3 Å². The standard InChI is InChI=1S/C17H9F2IN2/c18-12-6-5-11-13(14(12)19)17-16(21-7-8-22-17)10-4-2-1-3-9(10)15(11)20/h1-8,15H. The van der Waals surface area contributed by atoms with Crippen LogP contribution in [0.5, 0.6) is 0 Å². The number of rotatable bonds is 0. The molecule has 0 spiro atoms. The Morgan fingerprint density at radius 1 is 0.864 bits per heavy atom. The maximum atomic E-state index is 14.5. The SMILES string of the molecule is Fc1ccc2c(c1F)-c1nccnc1-c1ccccc1C2I. The average Bonchev–Trinajstić information content (AvgIpc) is 2.66. The summed E-state index contributed by atoms with van der Waals surface area (Å²) in [6, 6.07) is 10.6. The van der Waals surface area contributed by atoms with Crippen molar-refractivity contribution in [2.45, 2.75) is 3.92 Å². The Bertz CT molecular complexity index is 896. The first-order valence-corrected chi connectivity index (χ1v) is 7.95. The third-order valence-electron chi connectivity index (χ3n) is 3.82. The molecule has 5 heteroatoms. The van der Waals surface area contributed by atoms with Crippen LogP contribution in [0.2, 0.25) is 0 Å². The van der Waals surface area contributed by atoms with Crippen molar-refractivity contribution in [3.8, 4) is 22.5 Å². The highest BCUT2D eigenvalue weighted by Crippen LogP contribution is 2.47. The van der Waals surface area contributed by atoms with E-state index in [1.807, 2.05) is 24.3 Å². The van der Waals surface area contributed by atoms with E-state index in [0.717, 1.165) is 11.1 Å². The Balaban J connectivity index is 2.19. The first-order valence-electron chi connectivity index (χ1n) is 6.71. The van der Waals surface area contributed by atoms with E-state index in [1.54, 1.807) is 12.3 Å². The lowest BCUT2D eigenvalue weighted by atomic mass is 9.99. The van der Waals surface area contributed by atoms with Crippen molar-refractivity contribution in [2.24, 2.45) is 0 Å². The van der Waals surface area contributed by atoms with Gasteiger partial charge in [-0.05, 0) is 17.2 Å². The largest absolute Gasteiger partial charge is 0.252 e. The molecule has 108 valence electrons. The van der Waals surface area contributed by atoms with E-state index in [9.17, 15) is 8.78 Å². The molecule has 4 rings (SSSR count). The Morgan fingerprint density at radius 3 is 2.41 bits per heavy atom. The molecular formula is C17H9F2IN2. The first kappa shape index (κ1) is 13.8. The summed E-state index contributed by atoms with van der Waals surface area (Å²) in [5.74, 6) is -1.74. The Labute approximate surface area is 139 Å². The minimum absolute atomic E-state index is 0.102. The molecule has 0 amide bonds. The van der Waals surface area contributed by atoms with Gasteiger partial charge in [-0.15, -0.1) is 0 Å². The van der Waals surface area contributed by atoms with Crippen LogP contribution in [0, 0.1) is 11.6 Å². The zero-order valence-electron chi connectivity index (χ0n) is 11.2. The van der Waals surface area contributed by atoms with Gasteiger partial charge in [0.2, 0.25) is 0 Å². The van der Waals surface area contributed by atoms with Gasteiger partial charge in [0.25, 0.3) is 0 Å². The van der Waals surface area contributed by atoms with Gasteiger partial charge in [0, 0.05) is 23.5 Å². The van der Waals surface area contributed by atoms with Gasteiger partial charge in [-0.3, -0.25) is 9.97 Å².